The Kier molecular flexibility index (Phi) is 2.90. The molecule has 0 radical (unpaired) electrons. The van der Waals surface area contributed by atoms with Gasteiger partial charge in [0.15, 0.2) is 5.65 Å². The third-order valence-electron chi connectivity index (χ3n) is 2.82. The number of rotatable bonds is 3. The van der Waals surface area contributed by atoms with Crippen LogP contribution in [0.4, 0.5) is 0 Å². The molecule has 3 rings (SSSR count). The van der Waals surface area contributed by atoms with Crippen molar-refractivity contribution in [1.29, 1.82) is 5.41 Å². The Balaban J connectivity index is 2.12. The van der Waals surface area contributed by atoms with Gasteiger partial charge in [0.2, 0.25) is 0 Å². The smallest absolute Gasteiger partial charge is 0.181 e. The highest BCUT2D eigenvalue weighted by molar-refractivity contribution is 7.99. The lowest BCUT2D eigenvalue weighted by Gasteiger charge is -2.05. The lowest BCUT2D eigenvalue weighted by atomic mass is 10.2. The molecule has 9 heteroatoms. The molecule has 0 saturated heterocycles. The van der Waals surface area contributed by atoms with Crippen LogP contribution in [-0.4, -0.2) is 35.6 Å². The second-order valence-corrected chi connectivity index (χ2v) is 5.16. The number of H-pyrrole nitrogens is 1. The fraction of sp³-hybridized carbons (Fsp3) is 0.182. The van der Waals surface area contributed by atoms with Crippen molar-refractivity contribution >= 4 is 28.8 Å². The van der Waals surface area contributed by atoms with E-state index in [2.05, 4.69) is 25.0 Å². The summed E-state index contributed by atoms with van der Waals surface area (Å²) >= 11 is 1.38. The van der Waals surface area contributed by atoms with Gasteiger partial charge in [0, 0.05) is 7.05 Å². The first-order valence-electron chi connectivity index (χ1n) is 5.78. The van der Waals surface area contributed by atoms with Crippen molar-refractivity contribution in [3.05, 3.63) is 23.9 Å². The highest BCUT2D eigenvalue weighted by Gasteiger charge is 2.19. The minimum atomic E-state index is -0.00647. The fourth-order valence-electron chi connectivity index (χ4n) is 1.98. The zero-order chi connectivity index (χ0) is 14.3. The molecule has 0 aliphatic carbocycles. The molecule has 0 aliphatic heterocycles. The summed E-state index contributed by atoms with van der Waals surface area (Å²) in [5, 5.41) is 13.5. The average molecular weight is 288 g/mol. The van der Waals surface area contributed by atoms with Crippen molar-refractivity contribution in [1.82, 2.24) is 29.7 Å². The standard InChI is InChI=1S/C11H12N8S/c1-5-6(8(12)13)11(19(2)18-5)20-10-7-9(15-3-14-7)16-4-17-10/h3-4H,1-2H3,(H3,12,13)(H,14,15,16,17). The number of amidine groups is 1. The molecule has 0 aromatic carbocycles. The summed E-state index contributed by atoms with van der Waals surface area (Å²) in [6.07, 6.45) is 3.03. The van der Waals surface area contributed by atoms with E-state index in [0.717, 1.165) is 21.3 Å². The van der Waals surface area contributed by atoms with E-state index in [-0.39, 0.29) is 5.84 Å². The van der Waals surface area contributed by atoms with Crippen molar-refractivity contribution < 1.29 is 0 Å². The average Bonchev–Trinajstić information content (AvgIpc) is 2.95. The van der Waals surface area contributed by atoms with Crippen molar-refractivity contribution in [3.63, 3.8) is 0 Å². The number of nitrogen functional groups attached to an aromatic ring is 1. The van der Waals surface area contributed by atoms with Gasteiger partial charge in [0.1, 0.15) is 27.7 Å². The van der Waals surface area contributed by atoms with Crippen LogP contribution in [0.2, 0.25) is 0 Å². The van der Waals surface area contributed by atoms with Crippen molar-refractivity contribution in [2.75, 3.05) is 0 Å². The number of nitrogens with zero attached hydrogens (tertiary/aromatic N) is 5. The van der Waals surface area contributed by atoms with Crippen LogP contribution in [0.1, 0.15) is 11.3 Å². The number of aryl methyl sites for hydroxylation is 2. The third-order valence-corrected chi connectivity index (χ3v) is 3.99. The molecule has 0 fully saturated rings. The van der Waals surface area contributed by atoms with Crippen molar-refractivity contribution in [2.45, 2.75) is 17.0 Å². The van der Waals surface area contributed by atoms with E-state index in [0.29, 0.717) is 11.2 Å². The third kappa shape index (κ3) is 1.92. The van der Waals surface area contributed by atoms with Crippen LogP contribution >= 0.6 is 11.8 Å². The van der Waals surface area contributed by atoms with E-state index in [4.69, 9.17) is 11.1 Å². The van der Waals surface area contributed by atoms with Crippen LogP contribution in [-0.2, 0) is 7.05 Å². The quantitative estimate of drug-likeness (QED) is 0.373. The summed E-state index contributed by atoms with van der Waals surface area (Å²) in [5.41, 5.74) is 8.35. The summed E-state index contributed by atoms with van der Waals surface area (Å²) in [6, 6.07) is 0. The van der Waals surface area contributed by atoms with Crippen molar-refractivity contribution in [2.24, 2.45) is 12.8 Å². The Labute approximate surface area is 118 Å². The molecule has 0 spiro atoms. The minimum Gasteiger partial charge on any atom is -0.384 e. The van der Waals surface area contributed by atoms with Gasteiger partial charge in [0.25, 0.3) is 0 Å². The number of nitrogens with one attached hydrogen (secondary N) is 2. The van der Waals surface area contributed by atoms with E-state index in [1.54, 1.807) is 11.0 Å². The molecule has 102 valence electrons. The number of aromatic amines is 1. The molecule has 0 saturated carbocycles. The molecule has 0 unspecified atom stereocenters. The molecule has 0 amide bonds. The molecular weight excluding hydrogens is 276 g/mol. The predicted molar refractivity (Wildman–Crippen MR) is 74.8 cm³/mol. The van der Waals surface area contributed by atoms with Crippen LogP contribution < -0.4 is 5.73 Å². The SMILES string of the molecule is Cc1nn(C)c(Sc2ncnc3nc[nH]c23)c1C(=N)N. The summed E-state index contributed by atoms with van der Waals surface area (Å²) in [7, 11) is 1.81. The number of hydrogen-bond donors (Lipinski definition) is 3. The van der Waals surface area contributed by atoms with Crippen LogP contribution in [0.25, 0.3) is 11.2 Å². The molecule has 3 aromatic heterocycles. The van der Waals surface area contributed by atoms with Gasteiger partial charge in [-0.05, 0) is 18.7 Å². The summed E-state index contributed by atoms with van der Waals surface area (Å²) < 4.78 is 1.70. The largest absolute Gasteiger partial charge is 0.384 e. The summed E-state index contributed by atoms with van der Waals surface area (Å²) in [5.74, 6) is -0.00647. The Morgan fingerprint density at radius 2 is 2.20 bits per heavy atom. The summed E-state index contributed by atoms with van der Waals surface area (Å²) in [4.78, 5) is 15.4. The summed E-state index contributed by atoms with van der Waals surface area (Å²) in [6.45, 7) is 1.83. The van der Waals surface area contributed by atoms with E-state index in [9.17, 15) is 0 Å². The van der Waals surface area contributed by atoms with Gasteiger partial charge in [-0.2, -0.15) is 5.10 Å². The first-order chi connectivity index (χ1) is 9.58. The van der Waals surface area contributed by atoms with Gasteiger partial charge in [-0.3, -0.25) is 10.1 Å². The Morgan fingerprint density at radius 3 is 2.95 bits per heavy atom. The molecule has 0 aliphatic rings. The van der Waals surface area contributed by atoms with Gasteiger partial charge >= 0.3 is 0 Å². The number of nitrogens with two attached hydrogens (primary N) is 1. The Morgan fingerprint density at radius 1 is 1.40 bits per heavy atom. The maximum Gasteiger partial charge on any atom is 0.181 e. The minimum absolute atomic E-state index is 0.00647. The van der Waals surface area contributed by atoms with Crippen molar-refractivity contribution in [3.8, 4) is 0 Å². The zero-order valence-electron chi connectivity index (χ0n) is 10.9. The van der Waals surface area contributed by atoms with Gasteiger partial charge in [-0.25, -0.2) is 15.0 Å². The van der Waals surface area contributed by atoms with E-state index >= 15 is 0 Å². The zero-order valence-corrected chi connectivity index (χ0v) is 11.7. The molecule has 4 N–H and O–H groups in total. The molecule has 3 heterocycles. The van der Waals surface area contributed by atoms with Crippen LogP contribution in [0.15, 0.2) is 22.7 Å². The fourth-order valence-corrected chi connectivity index (χ4v) is 3.04. The van der Waals surface area contributed by atoms with Gasteiger partial charge in [-0.15, -0.1) is 0 Å². The van der Waals surface area contributed by atoms with E-state index in [1.807, 2.05) is 14.0 Å². The molecule has 20 heavy (non-hydrogen) atoms. The second kappa shape index (κ2) is 4.60. The number of aromatic nitrogens is 6. The normalized spacial score (nSPS) is 11.1. The second-order valence-electron chi connectivity index (χ2n) is 4.18. The highest BCUT2D eigenvalue weighted by atomic mass is 32.2. The molecule has 8 nitrogen and oxygen atoms in total. The highest BCUT2D eigenvalue weighted by Crippen LogP contribution is 2.32. The Hall–Kier alpha value is -2.42. The molecule has 3 aromatic rings. The van der Waals surface area contributed by atoms with Gasteiger partial charge in [0.05, 0.1) is 17.6 Å². The van der Waals surface area contributed by atoms with E-state index < -0.39 is 0 Å². The maximum atomic E-state index is 7.69. The number of fused-ring (bicyclic) bond motifs is 1. The van der Waals surface area contributed by atoms with Gasteiger partial charge in [-0.1, -0.05) is 0 Å². The molecule has 0 atom stereocenters. The first-order valence-corrected chi connectivity index (χ1v) is 6.59. The van der Waals surface area contributed by atoms with Gasteiger partial charge < -0.3 is 10.7 Å². The van der Waals surface area contributed by atoms with Crippen LogP contribution in [0.5, 0.6) is 0 Å². The first kappa shape index (κ1) is 12.6. The number of hydrogen-bond acceptors (Lipinski definition) is 6. The van der Waals surface area contributed by atoms with Crippen LogP contribution in [0, 0.1) is 12.3 Å². The predicted octanol–water partition coefficient (Wildman–Crippen LogP) is 0.830. The Bertz CT molecular complexity index is 802. The number of imidazole rings is 1. The lowest BCUT2D eigenvalue weighted by Crippen LogP contribution is -2.13. The maximum absolute atomic E-state index is 7.69. The topological polar surface area (TPSA) is 122 Å². The molecule has 0 bridgehead atoms. The lowest BCUT2D eigenvalue weighted by molar-refractivity contribution is 0.691. The van der Waals surface area contributed by atoms with E-state index in [1.165, 1.54) is 18.1 Å². The van der Waals surface area contributed by atoms with Crippen LogP contribution in [0.3, 0.4) is 0 Å². The molecular formula is C11H12N8S. The monoisotopic (exact) mass is 288 g/mol.